The van der Waals surface area contributed by atoms with Gasteiger partial charge in [-0.25, -0.2) is 4.39 Å². The first-order valence-electron chi connectivity index (χ1n) is 6.76. The molecule has 3 heteroatoms. The molecule has 2 aromatic rings. The lowest BCUT2D eigenvalue weighted by Crippen LogP contribution is -2.27. The minimum absolute atomic E-state index is 0.176. The number of benzene rings is 1. The van der Waals surface area contributed by atoms with Crippen LogP contribution >= 0.6 is 0 Å². The Labute approximate surface area is 112 Å². The van der Waals surface area contributed by atoms with Crippen LogP contribution in [0.15, 0.2) is 42.6 Å². The Bertz CT molecular complexity index is 562. The van der Waals surface area contributed by atoms with Crippen molar-refractivity contribution in [3.8, 4) is 11.1 Å². The molecule has 0 amide bonds. The Morgan fingerprint density at radius 3 is 2.68 bits per heavy atom. The molecule has 1 aromatic carbocycles. The Balaban J connectivity index is 1.93. The number of pyridine rings is 1. The molecule has 1 aromatic heterocycles. The summed E-state index contributed by atoms with van der Waals surface area (Å²) in [7, 11) is 0. The van der Waals surface area contributed by atoms with Gasteiger partial charge in [-0.3, -0.25) is 4.98 Å². The summed E-state index contributed by atoms with van der Waals surface area (Å²) in [6.45, 7) is 2.08. The fourth-order valence-electron chi connectivity index (χ4n) is 2.65. The van der Waals surface area contributed by atoms with Gasteiger partial charge in [-0.2, -0.15) is 0 Å². The molecule has 0 unspecified atom stereocenters. The molecule has 2 nitrogen and oxygen atoms in total. The van der Waals surface area contributed by atoms with E-state index in [1.54, 1.807) is 12.3 Å². The number of rotatable bonds is 2. The highest BCUT2D eigenvalue weighted by atomic mass is 19.1. The maximum Gasteiger partial charge on any atom is 0.131 e. The van der Waals surface area contributed by atoms with E-state index < -0.39 is 0 Å². The standard InChI is InChI=1S/C16H17FN2/c17-15-4-2-1-3-14(15)13-7-10-19-16(11-13)12-5-8-18-9-6-12/h1-4,7,10-12,18H,5-6,8-9H2. The first kappa shape index (κ1) is 12.3. The number of piperidine rings is 1. The Morgan fingerprint density at radius 2 is 1.89 bits per heavy atom. The lowest BCUT2D eigenvalue weighted by molar-refractivity contribution is 0.453. The van der Waals surface area contributed by atoms with Crippen molar-refractivity contribution < 1.29 is 4.39 Å². The van der Waals surface area contributed by atoms with Crippen LogP contribution in [0.1, 0.15) is 24.5 Å². The average molecular weight is 256 g/mol. The van der Waals surface area contributed by atoms with Crippen LogP contribution in [0.3, 0.4) is 0 Å². The van der Waals surface area contributed by atoms with Crippen LogP contribution in [0.4, 0.5) is 4.39 Å². The molecule has 0 radical (unpaired) electrons. The van der Waals surface area contributed by atoms with Crippen molar-refractivity contribution in [2.24, 2.45) is 0 Å². The van der Waals surface area contributed by atoms with Gasteiger partial charge in [-0.15, -0.1) is 0 Å². The van der Waals surface area contributed by atoms with Crippen LogP contribution in [-0.4, -0.2) is 18.1 Å². The van der Waals surface area contributed by atoms with E-state index in [1.165, 1.54) is 6.07 Å². The first-order chi connectivity index (χ1) is 9.34. The lowest BCUT2D eigenvalue weighted by Gasteiger charge is -2.22. The molecule has 1 saturated heterocycles. The van der Waals surface area contributed by atoms with E-state index in [4.69, 9.17) is 0 Å². The van der Waals surface area contributed by atoms with Crippen LogP contribution in [0.5, 0.6) is 0 Å². The van der Waals surface area contributed by atoms with E-state index in [0.29, 0.717) is 11.5 Å². The zero-order chi connectivity index (χ0) is 13.1. The van der Waals surface area contributed by atoms with Gasteiger partial charge in [0.05, 0.1) is 0 Å². The normalized spacial score (nSPS) is 16.5. The summed E-state index contributed by atoms with van der Waals surface area (Å²) in [6.07, 6.45) is 4.00. The Morgan fingerprint density at radius 1 is 1.11 bits per heavy atom. The molecule has 1 N–H and O–H groups in total. The minimum atomic E-state index is -0.176. The summed E-state index contributed by atoms with van der Waals surface area (Å²) >= 11 is 0. The number of hydrogen-bond acceptors (Lipinski definition) is 2. The SMILES string of the molecule is Fc1ccccc1-c1ccnc(C2CCNCC2)c1. The van der Waals surface area contributed by atoms with Crippen LogP contribution in [0.2, 0.25) is 0 Å². The highest BCUT2D eigenvalue weighted by Gasteiger charge is 2.17. The van der Waals surface area contributed by atoms with Crippen LogP contribution < -0.4 is 5.32 Å². The highest BCUT2D eigenvalue weighted by Crippen LogP contribution is 2.28. The molecule has 0 spiro atoms. The van der Waals surface area contributed by atoms with Gasteiger partial charge in [0, 0.05) is 23.4 Å². The second kappa shape index (κ2) is 5.49. The largest absolute Gasteiger partial charge is 0.317 e. The molecule has 0 aliphatic carbocycles. The van der Waals surface area contributed by atoms with Gasteiger partial charge in [0.1, 0.15) is 5.82 Å². The smallest absolute Gasteiger partial charge is 0.131 e. The summed E-state index contributed by atoms with van der Waals surface area (Å²) < 4.78 is 13.8. The van der Waals surface area contributed by atoms with Crippen molar-refractivity contribution in [1.82, 2.24) is 10.3 Å². The molecule has 19 heavy (non-hydrogen) atoms. The van der Waals surface area contributed by atoms with Gasteiger partial charge >= 0.3 is 0 Å². The quantitative estimate of drug-likeness (QED) is 0.891. The molecule has 1 fully saturated rings. The second-order valence-corrected chi connectivity index (χ2v) is 4.97. The van der Waals surface area contributed by atoms with Gasteiger partial charge in [0.15, 0.2) is 0 Å². The second-order valence-electron chi connectivity index (χ2n) is 4.97. The maximum atomic E-state index is 13.8. The predicted octanol–water partition coefficient (Wildman–Crippen LogP) is 3.35. The molecule has 0 atom stereocenters. The molecular formula is C16H17FN2. The van der Waals surface area contributed by atoms with Gasteiger partial charge in [-0.05, 0) is 49.7 Å². The summed E-state index contributed by atoms with van der Waals surface area (Å²) in [5.74, 6) is 0.318. The minimum Gasteiger partial charge on any atom is -0.317 e. The number of nitrogens with one attached hydrogen (secondary N) is 1. The molecule has 2 heterocycles. The third kappa shape index (κ3) is 2.66. The van der Waals surface area contributed by atoms with Crippen molar-refractivity contribution in [2.45, 2.75) is 18.8 Å². The van der Waals surface area contributed by atoms with Crippen molar-refractivity contribution >= 4 is 0 Å². The molecule has 0 bridgehead atoms. The van der Waals surface area contributed by atoms with E-state index in [0.717, 1.165) is 37.2 Å². The lowest BCUT2D eigenvalue weighted by atomic mass is 9.92. The van der Waals surface area contributed by atoms with Gasteiger partial charge in [-0.1, -0.05) is 18.2 Å². The van der Waals surface area contributed by atoms with E-state index in [-0.39, 0.29) is 5.82 Å². The van der Waals surface area contributed by atoms with Crippen LogP contribution in [0, 0.1) is 5.82 Å². The molecule has 1 aliphatic heterocycles. The number of halogens is 1. The van der Waals surface area contributed by atoms with E-state index >= 15 is 0 Å². The van der Waals surface area contributed by atoms with E-state index in [2.05, 4.69) is 10.3 Å². The van der Waals surface area contributed by atoms with Crippen LogP contribution in [-0.2, 0) is 0 Å². The number of aromatic nitrogens is 1. The van der Waals surface area contributed by atoms with Gasteiger partial charge in [0.25, 0.3) is 0 Å². The zero-order valence-corrected chi connectivity index (χ0v) is 10.8. The van der Waals surface area contributed by atoms with Crippen molar-refractivity contribution in [3.63, 3.8) is 0 Å². The summed E-state index contributed by atoms with van der Waals surface area (Å²) in [5, 5.41) is 3.35. The molecule has 1 aliphatic rings. The average Bonchev–Trinajstić information content (AvgIpc) is 2.49. The fourth-order valence-corrected chi connectivity index (χ4v) is 2.65. The maximum absolute atomic E-state index is 13.8. The van der Waals surface area contributed by atoms with Crippen LogP contribution in [0.25, 0.3) is 11.1 Å². The van der Waals surface area contributed by atoms with Crippen molar-refractivity contribution in [3.05, 3.63) is 54.1 Å². The first-order valence-corrected chi connectivity index (χ1v) is 6.76. The van der Waals surface area contributed by atoms with Gasteiger partial charge in [0.2, 0.25) is 0 Å². The Kier molecular flexibility index (Phi) is 3.56. The molecule has 98 valence electrons. The summed E-state index contributed by atoms with van der Waals surface area (Å²) in [6, 6.07) is 10.8. The predicted molar refractivity (Wildman–Crippen MR) is 74.5 cm³/mol. The van der Waals surface area contributed by atoms with Crippen molar-refractivity contribution in [1.29, 1.82) is 0 Å². The summed E-state index contributed by atoms with van der Waals surface area (Å²) in [5.41, 5.74) is 2.66. The Hall–Kier alpha value is -1.74. The topological polar surface area (TPSA) is 24.9 Å². The fraction of sp³-hybridized carbons (Fsp3) is 0.312. The van der Waals surface area contributed by atoms with E-state index in [1.807, 2.05) is 24.3 Å². The third-order valence-corrected chi connectivity index (χ3v) is 3.72. The molecule has 0 saturated carbocycles. The number of hydrogen-bond donors (Lipinski definition) is 1. The zero-order valence-electron chi connectivity index (χ0n) is 10.8. The van der Waals surface area contributed by atoms with Crippen molar-refractivity contribution in [2.75, 3.05) is 13.1 Å². The highest BCUT2D eigenvalue weighted by molar-refractivity contribution is 5.64. The number of nitrogens with zero attached hydrogens (tertiary/aromatic N) is 1. The van der Waals surface area contributed by atoms with Gasteiger partial charge < -0.3 is 5.32 Å². The third-order valence-electron chi connectivity index (χ3n) is 3.72. The monoisotopic (exact) mass is 256 g/mol. The molecular weight excluding hydrogens is 239 g/mol. The summed E-state index contributed by atoms with van der Waals surface area (Å²) in [4.78, 5) is 4.47. The molecule has 3 rings (SSSR count). The van der Waals surface area contributed by atoms with E-state index in [9.17, 15) is 4.39 Å².